The van der Waals surface area contributed by atoms with Crippen molar-refractivity contribution in [2.75, 3.05) is 0 Å². The van der Waals surface area contributed by atoms with Crippen LogP contribution in [0.2, 0.25) is 0 Å². The van der Waals surface area contributed by atoms with Gasteiger partial charge in [-0.15, -0.1) is 0 Å². The number of fused-ring (bicyclic) bond motifs is 6. The van der Waals surface area contributed by atoms with Crippen LogP contribution < -0.4 is 0 Å². The van der Waals surface area contributed by atoms with E-state index in [4.69, 9.17) is 0 Å². The predicted molar refractivity (Wildman–Crippen MR) is 93.1 cm³/mol. The molecule has 0 aromatic heterocycles. The molecular formula is C23H34. The normalized spacial score (nSPS) is 42.8. The van der Waals surface area contributed by atoms with E-state index in [1.54, 1.807) is 109 Å². The van der Waals surface area contributed by atoms with E-state index >= 15 is 0 Å². The van der Waals surface area contributed by atoms with Crippen LogP contribution in [0.3, 0.4) is 0 Å². The van der Waals surface area contributed by atoms with Crippen LogP contribution in [0.25, 0.3) is 0 Å². The van der Waals surface area contributed by atoms with Crippen LogP contribution in [0, 0.1) is 32.5 Å². The molecule has 23 heavy (non-hydrogen) atoms. The van der Waals surface area contributed by atoms with Gasteiger partial charge < -0.3 is 0 Å². The SMILES string of the molecule is C1CC2(C1)C1(CCC1)C1(CCC1)C1(CC1)C1(CCC1)C21CCC1. The lowest BCUT2D eigenvalue weighted by Gasteiger charge is -2.89. The van der Waals surface area contributed by atoms with Crippen molar-refractivity contribution >= 4 is 0 Å². The van der Waals surface area contributed by atoms with Crippen molar-refractivity contribution in [2.24, 2.45) is 32.5 Å². The average Bonchev–Trinajstić information content (AvgIpc) is 3.07. The second-order valence-corrected chi connectivity index (χ2v) is 11.3. The van der Waals surface area contributed by atoms with Gasteiger partial charge in [0.2, 0.25) is 0 Å². The monoisotopic (exact) mass is 310 g/mol. The van der Waals surface area contributed by atoms with Gasteiger partial charge in [-0.3, -0.25) is 0 Å². The fraction of sp³-hybridized carbons (Fsp3) is 1.00. The summed E-state index contributed by atoms with van der Waals surface area (Å²) in [5.41, 5.74) is 5.16. The highest BCUT2D eigenvalue weighted by atomic mass is 14.9. The van der Waals surface area contributed by atoms with E-state index < -0.39 is 0 Å². The third kappa shape index (κ3) is 0.898. The van der Waals surface area contributed by atoms with Crippen molar-refractivity contribution in [1.82, 2.24) is 0 Å². The first-order valence-electron chi connectivity index (χ1n) is 11.2. The highest BCUT2D eigenvalue weighted by molar-refractivity contribution is 5.39. The average molecular weight is 311 g/mol. The maximum atomic E-state index is 1.66. The van der Waals surface area contributed by atoms with Gasteiger partial charge in [0, 0.05) is 0 Å². The van der Waals surface area contributed by atoms with Gasteiger partial charge in [-0.05, 0) is 110 Å². The van der Waals surface area contributed by atoms with Crippen LogP contribution in [-0.2, 0) is 0 Å². The topological polar surface area (TPSA) is 0 Å². The molecule has 0 atom stereocenters. The van der Waals surface area contributed by atoms with Crippen molar-refractivity contribution in [3.8, 4) is 0 Å². The molecule has 0 aliphatic heterocycles. The molecule has 0 bridgehead atoms. The molecule has 0 amide bonds. The highest BCUT2D eigenvalue weighted by Crippen LogP contribution is 2.99. The molecule has 0 aromatic carbocycles. The standard InChI is InChI=1S/C23H34/c1-6-18(7-1)19(8-2-9-19)21(12-4-13-21)23(16-17-23)22(14-5-15-22)20(18)10-3-11-20/h1-17H2. The molecule has 0 saturated heterocycles. The van der Waals surface area contributed by atoms with Crippen LogP contribution in [-0.4, -0.2) is 0 Å². The zero-order valence-electron chi connectivity index (χ0n) is 15.0. The fourth-order valence-corrected chi connectivity index (χ4v) is 11.3. The van der Waals surface area contributed by atoms with Gasteiger partial charge in [0.1, 0.15) is 0 Å². The first-order chi connectivity index (χ1) is 11.2. The maximum Gasteiger partial charge on any atom is -0.0173 e. The molecule has 0 nitrogen and oxygen atoms in total. The lowest BCUT2D eigenvalue weighted by molar-refractivity contribution is -0.409. The minimum Gasteiger partial charge on any atom is -0.0522 e. The summed E-state index contributed by atoms with van der Waals surface area (Å²) < 4.78 is 0. The Morgan fingerprint density at radius 3 is 0.478 bits per heavy atom. The summed E-state index contributed by atoms with van der Waals surface area (Å²) in [4.78, 5) is 0. The summed E-state index contributed by atoms with van der Waals surface area (Å²) in [5, 5.41) is 0. The largest absolute Gasteiger partial charge is 0.0522 e. The molecule has 0 unspecified atom stereocenters. The fourth-order valence-electron chi connectivity index (χ4n) is 11.3. The maximum absolute atomic E-state index is 1.66. The Morgan fingerprint density at radius 1 is 0.217 bits per heavy atom. The molecule has 7 fully saturated rings. The molecule has 0 heterocycles. The minimum absolute atomic E-state index is 0.852. The highest BCUT2D eigenvalue weighted by Gasteiger charge is 2.91. The smallest absolute Gasteiger partial charge is 0.0173 e. The van der Waals surface area contributed by atoms with Gasteiger partial charge in [0.05, 0.1) is 0 Å². The molecule has 6 spiro atoms. The molecule has 7 aliphatic rings. The Kier molecular flexibility index (Phi) is 1.99. The van der Waals surface area contributed by atoms with E-state index in [1.165, 1.54) is 0 Å². The Hall–Kier alpha value is 0. The van der Waals surface area contributed by atoms with Crippen LogP contribution in [0.15, 0.2) is 0 Å². The van der Waals surface area contributed by atoms with Gasteiger partial charge in [0.25, 0.3) is 0 Å². The number of hydrogen-bond acceptors (Lipinski definition) is 0. The zero-order chi connectivity index (χ0) is 15.0. The molecular weight excluding hydrogens is 276 g/mol. The Bertz CT molecular complexity index is 527. The van der Waals surface area contributed by atoms with Crippen molar-refractivity contribution < 1.29 is 0 Å². The van der Waals surface area contributed by atoms with Crippen molar-refractivity contribution in [3.63, 3.8) is 0 Å². The first-order valence-corrected chi connectivity index (χ1v) is 11.2. The van der Waals surface area contributed by atoms with E-state index in [1.807, 2.05) is 0 Å². The van der Waals surface area contributed by atoms with E-state index in [-0.39, 0.29) is 0 Å². The zero-order valence-corrected chi connectivity index (χ0v) is 15.0. The summed E-state index contributed by atoms with van der Waals surface area (Å²) in [6.07, 6.45) is 27.8. The predicted octanol–water partition coefficient (Wildman–Crippen LogP) is 6.63. The van der Waals surface area contributed by atoms with Crippen LogP contribution in [0.4, 0.5) is 0 Å². The molecule has 0 heteroatoms. The summed E-state index contributed by atoms with van der Waals surface area (Å²) in [6.45, 7) is 0. The number of hydrogen-bond donors (Lipinski definition) is 0. The third-order valence-electron chi connectivity index (χ3n) is 12.3. The minimum atomic E-state index is 0.852. The molecule has 126 valence electrons. The van der Waals surface area contributed by atoms with Crippen LogP contribution >= 0.6 is 0 Å². The third-order valence-corrected chi connectivity index (χ3v) is 12.3. The lowest BCUT2D eigenvalue weighted by atomic mass is 9.15. The Balaban J connectivity index is 1.53. The van der Waals surface area contributed by atoms with Crippen LogP contribution in [0.1, 0.15) is 109 Å². The summed E-state index contributed by atoms with van der Waals surface area (Å²) in [7, 11) is 0. The van der Waals surface area contributed by atoms with Gasteiger partial charge >= 0.3 is 0 Å². The van der Waals surface area contributed by atoms with E-state index in [0.29, 0.717) is 0 Å². The van der Waals surface area contributed by atoms with E-state index in [0.717, 1.165) is 32.5 Å². The quantitative estimate of drug-likeness (QED) is 0.471. The second kappa shape index (κ2) is 3.45. The van der Waals surface area contributed by atoms with Crippen molar-refractivity contribution in [3.05, 3.63) is 0 Å². The molecule has 0 N–H and O–H groups in total. The summed E-state index contributed by atoms with van der Waals surface area (Å²) in [6, 6.07) is 0. The molecule has 7 rings (SSSR count). The van der Waals surface area contributed by atoms with E-state index in [9.17, 15) is 0 Å². The summed E-state index contributed by atoms with van der Waals surface area (Å²) in [5.74, 6) is 0. The molecule has 7 aliphatic carbocycles. The Morgan fingerprint density at radius 2 is 0.391 bits per heavy atom. The van der Waals surface area contributed by atoms with Gasteiger partial charge in [-0.1, -0.05) is 32.1 Å². The molecule has 0 radical (unpaired) electrons. The first kappa shape index (κ1) is 13.2. The van der Waals surface area contributed by atoms with Gasteiger partial charge in [-0.2, -0.15) is 0 Å². The van der Waals surface area contributed by atoms with Gasteiger partial charge in [-0.25, -0.2) is 0 Å². The number of rotatable bonds is 0. The van der Waals surface area contributed by atoms with Crippen molar-refractivity contribution in [2.45, 2.75) is 109 Å². The second-order valence-electron chi connectivity index (χ2n) is 11.3. The Labute approximate surface area is 142 Å². The lowest BCUT2D eigenvalue weighted by Crippen LogP contribution is -2.82. The van der Waals surface area contributed by atoms with Crippen molar-refractivity contribution in [1.29, 1.82) is 0 Å². The summed E-state index contributed by atoms with van der Waals surface area (Å²) >= 11 is 0. The molecule has 0 aromatic rings. The van der Waals surface area contributed by atoms with Gasteiger partial charge in [0.15, 0.2) is 0 Å². The van der Waals surface area contributed by atoms with Crippen LogP contribution in [0.5, 0.6) is 0 Å². The van der Waals surface area contributed by atoms with E-state index in [2.05, 4.69) is 0 Å². The molecule has 7 saturated carbocycles.